The van der Waals surface area contributed by atoms with Crippen molar-refractivity contribution >= 4 is 28.2 Å². The van der Waals surface area contributed by atoms with E-state index in [1.165, 1.54) is 6.20 Å². The standard InChI is InChI=1S/C14H10N6/c15-6-9-1-2-10-3-4-18-14(11(10)5-9)20-13-8-17-7-12(16)19-13/h1-5,7-8H,(H3,16,18,19,20). The van der Waals surface area contributed by atoms with E-state index >= 15 is 0 Å². The van der Waals surface area contributed by atoms with Gasteiger partial charge >= 0.3 is 0 Å². The first kappa shape index (κ1) is 11.9. The van der Waals surface area contributed by atoms with E-state index in [1.54, 1.807) is 24.5 Å². The van der Waals surface area contributed by atoms with Crippen LogP contribution >= 0.6 is 0 Å². The van der Waals surface area contributed by atoms with Crippen molar-refractivity contribution in [2.24, 2.45) is 0 Å². The normalized spacial score (nSPS) is 10.2. The maximum Gasteiger partial charge on any atom is 0.152 e. The maximum atomic E-state index is 8.98. The zero-order valence-electron chi connectivity index (χ0n) is 10.4. The Morgan fingerprint density at radius 3 is 2.90 bits per heavy atom. The van der Waals surface area contributed by atoms with Crippen LogP contribution in [-0.2, 0) is 0 Å². The molecule has 6 nitrogen and oxygen atoms in total. The number of aromatic nitrogens is 3. The van der Waals surface area contributed by atoms with Gasteiger partial charge < -0.3 is 11.1 Å². The number of pyridine rings is 1. The minimum absolute atomic E-state index is 0.327. The Labute approximate surface area is 114 Å². The Bertz CT molecular complexity index is 821. The van der Waals surface area contributed by atoms with Crippen LogP contribution in [0.15, 0.2) is 42.9 Å². The van der Waals surface area contributed by atoms with Gasteiger partial charge in [-0.15, -0.1) is 0 Å². The van der Waals surface area contributed by atoms with Crippen molar-refractivity contribution in [3.05, 3.63) is 48.4 Å². The van der Waals surface area contributed by atoms with E-state index in [-0.39, 0.29) is 0 Å². The first-order chi connectivity index (χ1) is 9.76. The molecule has 0 amide bonds. The summed E-state index contributed by atoms with van der Waals surface area (Å²) in [5.41, 5.74) is 6.17. The van der Waals surface area contributed by atoms with Crippen molar-refractivity contribution in [1.82, 2.24) is 15.0 Å². The van der Waals surface area contributed by atoms with Gasteiger partial charge in [0.05, 0.1) is 24.0 Å². The van der Waals surface area contributed by atoms with Crippen LogP contribution in [0.1, 0.15) is 5.56 Å². The topological polar surface area (TPSA) is 101 Å². The quantitative estimate of drug-likeness (QED) is 0.734. The minimum atomic E-state index is 0.327. The second-order valence-corrected chi connectivity index (χ2v) is 4.16. The summed E-state index contributed by atoms with van der Waals surface area (Å²) in [5, 5.41) is 13.9. The van der Waals surface area contributed by atoms with Gasteiger partial charge in [0.25, 0.3) is 0 Å². The van der Waals surface area contributed by atoms with E-state index in [0.717, 1.165) is 10.8 Å². The zero-order valence-corrected chi connectivity index (χ0v) is 10.4. The van der Waals surface area contributed by atoms with E-state index in [0.29, 0.717) is 23.0 Å². The van der Waals surface area contributed by atoms with Crippen LogP contribution in [0.25, 0.3) is 10.8 Å². The number of hydrogen-bond acceptors (Lipinski definition) is 6. The van der Waals surface area contributed by atoms with Gasteiger partial charge in [0.1, 0.15) is 11.6 Å². The lowest BCUT2D eigenvalue weighted by molar-refractivity contribution is 1.19. The van der Waals surface area contributed by atoms with E-state index < -0.39 is 0 Å². The van der Waals surface area contributed by atoms with Crippen LogP contribution in [0.4, 0.5) is 17.5 Å². The third-order valence-electron chi connectivity index (χ3n) is 2.79. The third kappa shape index (κ3) is 2.20. The van der Waals surface area contributed by atoms with Crippen molar-refractivity contribution in [3.8, 4) is 6.07 Å². The smallest absolute Gasteiger partial charge is 0.152 e. The second kappa shape index (κ2) is 4.82. The maximum absolute atomic E-state index is 8.98. The summed E-state index contributed by atoms with van der Waals surface area (Å²) in [6.07, 6.45) is 4.72. The molecule has 0 atom stereocenters. The van der Waals surface area contributed by atoms with Gasteiger partial charge in [-0.3, -0.25) is 4.98 Å². The molecule has 3 N–H and O–H groups in total. The Morgan fingerprint density at radius 1 is 1.20 bits per heavy atom. The molecule has 0 aliphatic rings. The lowest BCUT2D eigenvalue weighted by Gasteiger charge is -2.08. The molecule has 2 aromatic heterocycles. The highest BCUT2D eigenvalue weighted by Crippen LogP contribution is 2.24. The molecule has 20 heavy (non-hydrogen) atoms. The van der Waals surface area contributed by atoms with Crippen LogP contribution in [0.5, 0.6) is 0 Å². The zero-order chi connectivity index (χ0) is 13.9. The van der Waals surface area contributed by atoms with Gasteiger partial charge in [0, 0.05) is 11.6 Å². The molecule has 1 aromatic carbocycles. The number of nitrogens with zero attached hydrogens (tertiary/aromatic N) is 4. The van der Waals surface area contributed by atoms with Gasteiger partial charge in [-0.1, -0.05) is 6.07 Å². The highest BCUT2D eigenvalue weighted by atomic mass is 15.1. The highest BCUT2D eigenvalue weighted by Gasteiger charge is 2.05. The molecule has 0 bridgehead atoms. The Morgan fingerprint density at radius 2 is 2.10 bits per heavy atom. The first-order valence-electron chi connectivity index (χ1n) is 5.90. The number of nitrogens with two attached hydrogens (primary N) is 1. The predicted molar refractivity (Wildman–Crippen MR) is 76.2 cm³/mol. The summed E-state index contributed by atoms with van der Waals surface area (Å²) >= 11 is 0. The monoisotopic (exact) mass is 262 g/mol. The van der Waals surface area contributed by atoms with E-state index in [1.807, 2.05) is 12.1 Å². The molecule has 0 unspecified atom stereocenters. The first-order valence-corrected chi connectivity index (χ1v) is 5.90. The van der Waals surface area contributed by atoms with Crippen LogP contribution in [0, 0.1) is 11.3 Å². The molecule has 0 radical (unpaired) electrons. The predicted octanol–water partition coefficient (Wildman–Crippen LogP) is 2.22. The fraction of sp³-hybridized carbons (Fsp3) is 0. The lowest BCUT2D eigenvalue weighted by atomic mass is 10.1. The summed E-state index contributed by atoms with van der Waals surface area (Å²) in [6, 6.07) is 9.43. The van der Waals surface area contributed by atoms with Gasteiger partial charge in [-0.05, 0) is 23.6 Å². The molecule has 0 aliphatic carbocycles. The van der Waals surface area contributed by atoms with Crippen LogP contribution in [0.2, 0.25) is 0 Å². The molecule has 0 saturated carbocycles. The molecule has 0 aliphatic heterocycles. The van der Waals surface area contributed by atoms with Crippen molar-refractivity contribution < 1.29 is 0 Å². The number of nitrogen functional groups attached to an aromatic ring is 1. The number of benzene rings is 1. The molecule has 96 valence electrons. The number of nitrogens with one attached hydrogen (secondary N) is 1. The summed E-state index contributed by atoms with van der Waals surface area (Å²) in [4.78, 5) is 12.4. The summed E-state index contributed by atoms with van der Waals surface area (Å²) in [6.45, 7) is 0. The molecule has 6 heteroatoms. The molecule has 0 spiro atoms. The fourth-order valence-electron chi connectivity index (χ4n) is 1.90. The van der Waals surface area contributed by atoms with E-state index in [4.69, 9.17) is 11.0 Å². The number of fused-ring (bicyclic) bond motifs is 1. The van der Waals surface area contributed by atoms with Crippen LogP contribution in [-0.4, -0.2) is 15.0 Å². The molecule has 0 saturated heterocycles. The van der Waals surface area contributed by atoms with E-state index in [2.05, 4.69) is 26.3 Å². The minimum Gasteiger partial charge on any atom is -0.382 e. The van der Waals surface area contributed by atoms with E-state index in [9.17, 15) is 0 Å². The van der Waals surface area contributed by atoms with Crippen LogP contribution in [0.3, 0.4) is 0 Å². The molecule has 3 rings (SSSR count). The van der Waals surface area contributed by atoms with Crippen molar-refractivity contribution in [2.45, 2.75) is 0 Å². The van der Waals surface area contributed by atoms with Gasteiger partial charge in [0.2, 0.25) is 0 Å². The van der Waals surface area contributed by atoms with Crippen molar-refractivity contribution in [1.29, 1.82) is 5.26 Å². The van der Waals surface area contributed by atoms with Gasteiger partial charge in [-0.2, -0.15) is 5.26 Å². The molecule has 0 fully saturated rings. The second-order valence-electron chi connectivity index (χ2n) is 4.16. The average Bonchev–Trinajstić information content (AvgIpc) is 2.47. The van der Waals surface area contributed by atoms with Gasteiger partial charge in [0.15, 0.2) is 5.82 Å². The Kier molecular flexibility index (Phi) is 2.86. The molecular formula is C14H10N6. The summed E-state index contributed by atoms with van der Waals surface area (Å²) in [7, 11) is 0. The summed E-state index contributed by atoms with van der Waals surface area (Å²) in [5.74, 6) is 1.44. The third-order valence-corrected chi connectivity index (χ3v) is 2.79. The number of hydrogen-bond donors (Lipinski definition) is 2. The van der Waals surface area contributed by atoms with Crippen molar-refractivity contribution in [3.63, 3.8) is 0 Å². The van der Waals surface area contributed by atoms with Crippen molar-refractivity contribution in [2.75, 3.05) is 11.1 Å². The number of anilines is 3. The Balaban J connectivity index is 2.09. The lowest BCUT2D eigenvalue weighted by Crippen LogP contribution is -2.00. The fourth-order valence-corrected chi connectivity index (χ4v) is 1.90. The number of rotatable bonds is 2. The Hall–Kier alpha value is -3.20. The SMILES string of the molecule is N#Cc1ccc2ccnc(Nc3cncc(N)n3)c2c1. The number of nitriles is 1. The molecule has 2 heterocycles. The highest BCUT2D eigenvalue weighted by molar-refractivity contribution is 5.93. The van der Waals surface area contributed by atoms with Gasteiger partial charge in [-0.25, -0.2) is 9.97 Å². The molecular weight excluding hydrogens is 252 g/mol. The largest absolute Gasteiger partial charge is 0.382 e. The molecule has 3 aromatic rings. The van der Waals surface area contributed by atoms with Crippen LogP contribution < -0.4 is 11.1 Å². The summed E-state index contributed by atoms with van der Waals surface area (Å²) < 4.78 is 0. The average molecular weight is 262 g/mol.